The summed E-state index contributed by atoms with van der Waals surface area (Å²) in [5.41, 5.74) is 5.89. The minimum Gasteiger partial charge on any atom is -0.297 e. The van der Waals surface area contributed by atoms with Crippen LogP contribution in [-0.2, 0) is 4.84 Å². The van der Waals surface area contributed by atoms with Gasteiger partial charge in [-0.2, -0.15) is 5.48 Å². The Balaban J connectivity index is 2.17. The number of hydrogen-bond donors (Lipinski definition) is 1. The summed E-state index contributed by atoms with van der Waals surface area (Å²) in [6.45, 7) is 1.69. The normalized spacial score (nSPS) is 24.8. The Morgan fingerprint density at radius 3 is 2.80 bits per heavy atom. The second-order valence-corrected chi connectivity index (χ2v) is 2.70. The lowest BCUT2D eigenvalue weighted by Gasteiger charge is -2.21. The summed E-state index contributed by atoms with van der Waals surface area (Å²) in [5, 5.41) is 0. The fraction of sp³-hybridized carbons (Fsp3) is 0.500. The molecule has 54 valence electrons. The van der Waals surface area contributed by atoms with E-state index in [2.05, 4.69) is 17.6 Å². The third-order valence-electron chi connectivity index (χ3n) is 2.03. The second-order valence-electron chi connectivity index (χ2n) is 2.70. The zero-order valence-corrected chi connectivity index (χ0v) is 5.89. The quantitative estimate of drug-likeness (QED) is 0.506. The third kappa shape index (κ3) is 1.00. The van der Waals surface area contributed by atoms with Crippen molar-refractivity contribution in [2.45, 2.75) is 12.8 Å². The van der Waals surface area contributed by atoms with Crippen LogP contribution in [0.4, 0.5) is 0 Å². The second kappa shape index (κ2) is 2.56. The van der Waals surface area contributed by atoms with Gasteiger partial charge in [-0.15, -0.1) is 0 Å². The molecular weight excluding hydrogens is 126 g/mol. The first-order chi connectivity index (χ1) is 4.97. The lowest BCUT2D eigenvalue weighted by Crippen LogP contribution is -2.26. The lowest BCUT2D eigenvalue weighted by atomic mass is 9.97. The van der Waals surface area contributed by atoms with Gasteiger partial charge in [0, 0.05) is 6.54 Å². The van der Waals surface area contributed by atoms with E-state index < -0.39 is 0 Å². The van der Waals surface area contributed by atoms with Gasteiger partial charge in [0.2, 0.25) is 0 Å². The number of hydrogen-bond acceptors (Lipinski definition) is 2. The van der Waals surface area contributed by atoms with Crippen molar-refractivity contribution in [2.75, 3.05) is 13.2 Å². The van der Waals surface area contributed by atoms with Crippen molar-refractivity contribution in [3.05, 3.63) is 23.3 Å². The van der Waals surface area contributed by atoms with Crippen molar-refractivity contribution in [3.63, 3.8) is 0 Å². The zero-order chi connectivity index (χ0) is 6.81. The molecule has 1 aliphatic heterocycles. The topological polar surface area (TPSA) is 21.3 Å². The highest BCUT2D eigenvalue weighted by Crippen LogP contribution is 2.20. The average molecular weight is 137 g/mol. The Morgan fingerprint density at radius 1 is 1.20 bits per heavy atom. The molecule has 0 amide bonds. The maximum atomic E-state index is 5.10. The van der Waals surface area contributed by atoms with Gasteiger partial charge in [0.25, 0.3) is 0 Å². The van der Waals surface area contributed by atoms with Crippen LogP contribution in [0.3, 0.4) is 0 Å². The Morgan fingerprint density at radius 2 is 2.00 bits per heavy atom. The van der Waals surface area contributed by atoms with Crippen molar-refractivity contribution in [1.82, 2.24) is 5.48 Å². The van der Waals surface area contributed by atoms with E-state index in [0.29, 0.717) is 0 Å². The molecule has 1 heterocycles. The molecule has 1 aliphatic carbocycles. The zero-order valence-electron chi connectivity index (χ0n) is 5.89. The molecule has 0 saturated carbocycles. The van der Waals surface area contributed by atoms with Gasteiger partial charge in [-0.25, -0.2) is 0 Å². The molecular formula is C8H11NO. The highest BCUT2D eigenvalue weighted by atomic mass is 16.6. The van der Waals surface area contributed by atoms with Crippen LogP contribution < -0.4 is 5.48 Å². The molecule has 0 aromatic carbocycles. The van der Waals surface area contributed by atoms with Crippen LogP contribution >= 0.6 is 0 Å². The highest BCUT2D eigenvalue weighted by Gasteiger charge is 2.12. The van der Waals surface area contributed by atoms with E-state index in [-0.39, 0.29) is 0 Å². The van der Waals surface area contributed by atoms with Crippen LogP contribution in [0.25, 0.3) is 0 Å². The van der Waals surface area contributed by atoms with Gasteiger partial charge in [-0.3, -0.25) is 4.84 Å². The Hall–Kier alpha value is -0.600. The fourth-order valence-corrected chi connectivity index (χ4v) is 1.37. The van der Waals surface area contributed by atoms with Gasteiger partial charge in [0.15, 0.2) is 0 Å². The van der Waals surface area contributed by atoms with Crippen LogP contribution in [0.1, 0.15) is 12.8 Å². The summed E-state index contributed by atoms with van der Waals surface area (Å²) in [4.78, 5) is 5.10. The maximum absolute atomic E-state index is 5.10. The summed E-state index contributed by atoms with van der Waals surface area (Å²) >= 11 is 0. The van der Waals surface area contributed by atoms with E-state index in [0.717, 1.165) is 26.0 Å². The van der Waals surface area contributed by atoms with E-state index in [1.165, 1.54) is 11.1 Å². The summed E-state index contributed by atoms with van der Waals surface area (Å²) < 4.78 is 0. The smallest absolute Gasteiger partial charge is 0.0899 e. The molecule has 0 aromatic rings. The molecule has 2 rings (SSSR count). The first-order valence-corrected chi connectivity index (χ1v) is 3.66. The first kappa shape index (κ1) is 6.13. The van der Waals surface area contributed by atoms with E-state index in [9.17, 15) is 0 Å². The van der Waals surface area contributed by atoms with Crippen molar-refractivity contribution < 1.29 is 4.84 Å². The molecule has 2 heteroatoms. The van der Waals surface area contributed by atoms with Crippen molar-refractivity contribution in [3.8, 4) is 0 Å². The van der Waals surface area contributed by atoms with Crippen molar-refractivity contribution >= 4 is 0 Å². The molecule has 0 atom stereocenters. The standard InChI is InChI=1S/C8H11NO/c1-2-4-8-6-10-9-5-7(8)3-1/h1-2,9H,3-6H2. The van der Waals surface area contributed by atoms with Gasteiger partial charge in [-0.1, -0.05) is 12.2 Å². The van der Waals surface area contributed by atoms with E-state index in [1.807, 2.05) is 0 Å². The summed E-state index contributed by atoms with van der Waals surface area (Å²) in [6, 6.07) is 0. The van der Waals surface area contributed by atoms with Gasteiger partial charge < -0.3 is 0 Å². The van der Waals surface area contributed by atoms with Gasteiger partial charge in [0.05, 0.1) is 6.61 Å². The monoisotopic (exact) mass is 137 g/mol. The van der Waals surface area contributed by atoms with Gasteiger partial charge in [0.1, 0.15) is 0 Å². The van der Waals surface area contributed by atoms with Crippen LogP contribution in [0, 0.1) is 0 Å². The van der Waals surface area contributed by atoms with Gasteiger partial charge >= 0.3 is 0 Å². The van der Waals surface area contributed by atoms with E-state index in [4.69, 9.17) is 4.84 Å². The predicted molar refractivity (Wildman–Crippen MR) is 39.4 cm³/mol. The Labute approximate surface area is 60.5 Å². The molecule has 0 unspecified atom stereocenters. The van der Waals surface area contributed by atoms with Gasteiger partial charge in [-0.05, 0) is 24.0 Å². The first-order valence-electron chi connectivity index (χ1n) is 3.66. The maximum Gasteiger partial charge on any atom is 0.0899 e. The highest BCUT2D eigenvalue weighted by molar-refractivity contribution is 5.26. The molecule has 0 spiro atoms. The molecule has 0 bridgehead atoms. The van der Waals surface area contributed by atoms with Crippen LogP contribution in [0.2, 0.25) is 0 Å². The number of allylic oxidation sites excluding steroid dienone is 2. The molecule has 2 aliphatic rings. The molecule has 0 aromatic heterocycles. The lowest BCUT2D eigenvalue weighted by molar-refractivity contribution is 0.0513. The van der Waals surface area contributed by atoms with Crippen LogP contribution in [0.15, 0.2) is 23.3 Å². The summed E-state index contributed by atoms with van der Waals surface area (Å²) in [6.07, 6.45) is 6.65. The third-order valence-corrected chi connectivity index (χ3v) is 2.03. The Bertz CT molecular complexity index is 173. The Kier molecular flexibility index (Phi) is 1.57. The predicted octanol–water partition coefficient (Wildman–Crippen LogP) is 1.17. The molecule has 0 radical (unpaired) electrons. The van der Waals surface area contributed by atoms with E-state index >= 15 is 0 Å². The molecule has 1 N–H and O–H groups in total. The largest absolute Gasteiger partial charge is 0.297 e. The molecule has 0 fully saturated rings. The average Bonchev–Trinajstić information content (AvgIpc) is 2.05. The molecule has 10 heavy (non-hydrogen) atoms. The van der Waals surface area contributed by atoms with Crippen molar-refractivity contribution in [1.29, 1.82) is 0 Å². The molecule has 2 nitrogen and oxygen atoms in total. The van der Waals surface area contributed by atoms with Crippen molar-refractivity contribution in [2.24, 2.45) is 0 Å². The van der Waals surface area contributed by atoms with Crippen LogP contribution in [0.5, 0.6) is 0 Å². The number of nitrogens with one attached hydrogen (secondary N) is 1. The minimum atomic E-state index is 0.777. The number of rotatable bonds is 0. The van der Waals surface area contributed by atoms with E-state index in [1.54, 1.807) is 0 Å². The summed E-state index contributed by atoms with van der Waals surface area (Å²) in [7, 11) is 0. The SMILES string of the molecule is C1=CCC2=C(C1)CNOC2. The number of hydroxylamine groups is 1. The summed E-state index contributed by atoms with van der Waals surface area (Å²) in [5.74, 6) is 0. The van der Waals surface area contributed by atoms with Crippen LogP contribution in [-0.4, -0.2) is 13.2 Å². The fourth-order valence-electron chi connectivity index (χ4n) is 1.37. The molecule has 0 saturated heterocycles. The minimum absolute atomic E-state index is 0.777.